The molecule has 0 atom stereocenters. The Morgan fingerprint density at radius 2 is 1.75 bits per heavy atom. The zero-order chi connectivity index (χ0) is 32.2. The van der Waals surface area contributed by atoms with Crippen LogP contribution in [0, 0.1) is 0 Å². The third kappa shape index (κ3) is 8.60. The summed E-state index contributed by atoms with van der Waals surface area (Å²) in [6.07, 6.45) is 5.95. The molecule has 2 aliphatic heterocycles. The van der Waals surface area contributed by atoms with Crippen LogP contribution in [0.15, 0.2) is 83.6 Å². The molecule has 230 valence electrons. The van der Waals surface area contributed by atoms with Crippen molar-refractivity contribution in [2.45, 2.75) is 39.0 Å². The first-order valence-electron chi connectivity index (χ1n) is 14.0. The Morgan fingerprint density at radius 1 is 1.00 bits per heavy atom. The van der Waals surface area contributed by atoms with Crippen LogP contribution in [0.4, 0.5) is 22.7 Å². The smallest absolute Gasteiger partial charge is 0.333 e. The highest BCUT2D eigenvalue weighted by Crippen LogP contribution is 2.37. The number of nitrogens with zero attached hydrogens (tertiary/aromatic N) is 2. The van der Waals surface area contributed by atoms with Gasteiger partial charge in [0, 0.05) is 24.0 Å². The van der Waals surface area contributed by atoms with Crippen LogP contribution >= 0.6 is 0 Å². The first-order valence-corrected chi connectivity index (χ1v) is 14.0. The monoisotopic (exact) mass is 600 g/mol. The van der Waals surface area contributed by atoms with Gasteiger partial charge in [0.1, 0.15) is 17.1 Å². The van der Waals surface area contributed by atoms with Crippen molar-refractivity contribution in [1.82, 2.24) is 0 Å². The third-order valence-electron chi connectivity index (χ3n) is 6.73. The molecular weight excluding hydrogens is 564 g/mol. The average Bonchev–Trinajstić information content (AvgIpc) is 3.01. The minimum Gasteiger partial charge on any atom is -0.491 e. The number of esters is 2. The summed E-state index contributed by atoms with van der Waals surface area (Å²) >= 11 is 0. The van der Waals surface area contributed by atoms with Gasteiger partial charge in [-0.25, -0.2) is 4.79 Å². The van der Waals surface area contributed by atoms with E-state index in [-0.39, 0.29) is 44.0 Å². The molecule has 2 aromatic carbocycles. The number of nitrogens with two attached hydrogens (primary N) is 2. The van der Waals surface area contributed by atoms with E-state index < -0.39 is 23.5 Å². The third-order valence-corrected chi connectivity index (χ3v) is 6.73. The number of rotatable bonds is 8. The number of allylic oxidation sites excluding steroid dienone is 3. The summed E-state index contributed by atoms with van der Waals surface area (Å²) in [6.45, 7) is 11.5. The van der Waals surface area contributed by atoms with Crippen LogP contribution in [0.3, 0.4) is 0 Å². The van der Waals surface area contributed by atoms with Crippen molar-refractivity contribution in [2.75, 3.05) is 31.3 Å². The van der Waals surface area contributed by atoms with Crippen molar-refractivity contribution in [3.8, 4) is 5.75 Å². The fourth-order valence-corrected chi connectivity index (χ4v) is 4.39. The maximum Gasteiger partial charge on any atom is 0.333 e. The Labute approximate surface area is 256 Å². The first-order chi connectivity index (χ1) is 21.1. The van der Waals surface area contributed by atoms with E-state index in [1.165, 1.54) is 12.2 Å². The van der Waals surface area contributed by atoms with E-state index in [4.69, 9.17) is 25.7 Å². The van der Waals surface area contributed by atoms with Crippen LogP contribution in [0.5, 0.6) is 5.75 Å². The fraction of sp³-hybridized carbons (Fsp3) is 0.273. The topological polar surface area (TPSA) is 173 Å². The predicted octanol–water partition coefficient (Wildman–Crippen LogP) is 5.17. The van der Waals surface area contributed by atoms with Crippen LogP contribution in [-0.2, 0) is 47.9 Å². The van der Waals surface area contributed by atoms with E-state index in [0.717, 1.165) is 11.1 Å². The quantitative estimate of drug-likeness (QED) is 0.104. The molecule has 2 heterocycles. The second-order valence-electron chi connectivity index (χ2n) is 9.87. The maximum absolute atomic E-state index is 12.4. The highest BCUT2D eigenvalue weighted by molar-refractivity contribution is 6.48. The molecule has 11 nitrogen and oxygen atoms in total. The number of fused-ring (bicyclic) bond motifs is 7. The lowest BCUT2D eigenvalue weighted by Gasteiger charge is -2.16. The normalized spacial score (nSPS) is 14.4. The molecular formula is C33H36N4O7. The van der Waals surface area contributed by atoms with Gasteiger partial charge in [-0.1, -0.05) is 24.8 Å². The summed E-state index contributed by atoms with van der Waals surface area (Å²) in [7, 11) is 0. The number of carbonyl (C=O) groups is 4. The zero-order valence-electron chi connectivity index (χ0n) is 24.7. The number of hydrogen-bond donors (Lipinski definition) is 2. The minimum absolute atomic E-state index is 0.0289. The van der Waals surface area contributed by atoms with Crippen LogP contribution < -0.4 is 16.2 Å². The summed E-state index contributed by atoms with van der Waals surface area (Å²) in [6, 6.07) is 6.87. The SMILES string of the molecule is C=C.C=C(C)C(=O)OCCc1cc(OCCC2=CC=CC(=O)C2=O)c2cc1CCCOC(=O)Cc1ccc(c(N)c1N)N=N2. The number of azo groups is 1. The highest BCUT2D eigenvalue weighted by atomic mass is 16.5. The van der Waals surface area contributed by atoms with Gasteiger partial charge >= 0.3 is 11.9 Å². The van der Waals surface area contributed by atoms with E-state index in [1.54, 1.807) is 37.3 Å². The number of nitrogen functional groups attached to an aromatic ring is 2. The van der Waals surface area contributed by atoms with Crippen molar-refractivity contribution in [2.24, 2.45) is 10.2 Å². The van der Waals surface area contributed by atoms with Crippen LogP contribution in [0.1, 0.15) is 36.5 Å². The summed E-state index contributed by atoms with van der Waals surface area (Å²) < 4.78 is 16.8. The second kappa shape index (κ2) is 15.8. The van der Waals surface area contributed by atoms with Crippen molar-refractivity contribution < 1.29 is 33.4 Å². The number of hydrogen-bond acceptors (Lipinski definition) is 11. The van der Waals surface area contributed by atoms with Crippen molar-refractivity contribution >= 4 is 46.3 Å². The van der Waals surface area contributed by atoms with E-state index >= 15 is 0 Å². The summed E-state index contributed by atoms with van der Waals surface area (Å²) in [5, 5.41) is 8.74. The Morgan fingerprint density at radius 3 is 2.50 bits per heavy atom. The number of carbonyl (C=O) groups excluding carboxylic acids is 4. The molecule has 0 saturated heterocycles. The van der Waals surface area contributed by atoms with Gasteiger partial charge in [-0.2, -0.15) is 0 Å². The fourth-order valence-electron chi connectivity index (χ4n) is 4.39. The van der Waals surface area contributed by atoms with Gasteiger partial charge in [-0.3, -0.25) is 14.4 Å². The molecule has 1 aliphatic carbocycles. The van der Waals surface area contributed by atoms with Gasteiger partial charge in [-0.05, 0) is 60.7 Å². The Kier molecular flexibility index (Phi) is 11.9. The molecule has 0 unspecified atom stereocenters. The van der Waals surface area contributed by atoms with E-state index in [0.29, 0.717) is 53.1 Å². The molecule has 11 heteroatoms. The molecule has 0 spiro atoms. The standard InChI is InChI=1S/C31H32N4O7.C2H4/c1-18(2)31(39)42-14-11-21-16-26(40-13-10-19-5-3-7-25(36)30(19)38)24-15-20(21)6-4-12-41-27(37)17-22-8-9-23(34-35-24)29(33)28(22)32;1-2/h3,5,7-9,15-16H,1,4,6,10-14,17,32-33H2,2H3;1-2H2. The molecule has 0 radical (unpaired) electrons. The number of anilines is 2. The Balaban J connectivity index is 0.00000259. The lowest BCUT2D eigenvalue weighted by molar-refractivity contribution is -0.143. The molecule has 0 aromatic heterocycles. The number of Topliss-reactive ketones (excluding diaryl/α,β-unsaturated/α-hetero) is 1. The van der Waals surface area contributed by atoms with Crippen molar-refractivity contribution in [1.29, 1.82) is 0 Å². The Bertz CT molecular complexity index is 1560. The molecule has 4 bridgehead atoms. The van der Waals surface area contributed by atoms with Gasteiger partial charge in [0.05, 0.1) is 37.6 Å². The lowest BCUT2D eigenvalue weighted by Crippen LogP contribution is -2.18. The summed E-state index contributed by atoms with van der Waals surface area (Å²) in [5.74, 6) is -1.69. The first kappa shape index (κ1) is 33.2. The molecule has 0 saturated carbocycles. The summed E-state index contributed by atoms with van der Waals surface area (Å²) in [4.78, 5) is 48.3. The molecule has 5 rings (SSSR count). The maximum atomic E-state index is 12.4. The molecule has 4 N–H and O–H groups in total. The van der Waals surface area contributed by atoms with E-state index in [2.05, 4.69) is 30.0 Å². The largest absolute Gasteiger partial charge is 0.491 e. The Hall–Kier alpha value is -5.32. The molecule has 3 aliphatic rings. The van der Waals surface area contributed by atoms with Gasteiger partial charge in [0.25, 0.3) is 0 Å². The molecule has 44 heavy (non-hydrogen) atoms. The number of ether oxygens (including phenoxy) is 3. The molecule has 0 amide bonds. The van der Waals surface area contributed by atoms with Crippen LogP contribution in [-0.4, -0.2) is 43.3 Å². The number of ketones is 2. The summed E-state index contributed by atoms with van der Waals surface area (Å²) in [5.41, 5.74) is 16.4. The highest BCUT2D eigenvalue weighted by Gasteiger charge is 2.20. The number of aryl methyl sites for hydroxylation is 1. The van der Waals surface area contributed by atoms with Gasteiger partial charge in [0.15, 0.2) is 0 Å². The van der Waals surface area contributed by atoms with E-state index in [9.17, 15) is 19.2 Å². The van der Waals surface area contributed by atoms with Crippen LogP contribution in [0.25, 0.3) is 0 Å². The zero-order valence-corrected chi connectivity index (χ0v) is 24.7. The molecule has 2 aromatic rings. The van der Waals surface area contributed by atoms with E-state index in [1.807, 2.05) is 0 Å². The lowest BCUT2D eigenvalue weighted by atomic mass is 9.99. The van der Waals surface area contributed by atoms with Crippen molar-refractivity contribution in [3.63, 3.8) is 0 Å². The molecule has 0 fully saturated rings. The van der Waals surface area contributed by atoms with Crippen molar-refractivity contribution in [3.05, 3.63) is 90.1 Å². The van der Waals surface area contributed by atoms with Gasteiger partial charge < -0.3 is 25.7 Å². The predicted molar refractivity (Wildman–Crippen MR) is 167 cm³/mol. The average molecular weight is 601 g/mol. The van der Waals surface area contributed by atoms with Crippen LogP contribution in [0.2, 0.25) is 0 Å². The number of benzene rings is 2. The minimum atomic E-state index is -0.574. The second-order valence-corrected chi connectivity index (χ2v) is 9.87. The van der Waals surface area contributed by atoms with Gasteiger partial charge in [0.2, 0.25) is 11.6 Å². The van der Waals surface area contributed by atoms with Gasteiger partial charge in [-0.15, -0.1) is 23.4 Å².